The lowest BCUT2D eigenvalue weighted by Gasteiger charge is -1.99. The second-order valence-corrected chi connectivity index (χ2v) is 3.25. The highest BCUT2D eigenvalue weighted by Crippen LogP contribution is 2.16. The van der Waals surface area contributed by atoms with Crippen LogP contribution in [0.3, 0.4) is 0 Å². The molecule has 0 unspecified atom stereocenters. The zero-order valence-electron chi connectivity index (χ0n) is 7.47. The van der Waals surface area contributed by atoms with Crippen molar-refractivity contribution in [3.05, 3.63) is 40.4 Å². The molecular formula is C11H13Cl. The van der Waals surface area contributed by atoms with Gasteiger partial charge in [-0.3, -0.25) is 0 Å². The molecule has 1 aromatic carbocycles. The summed E-state index contributed by atoms with van der Waals surface area (Å²) in [5.41, 5.74) is 2.48. The molecule has 0 nitrogen and oxygen atoms in total. The van der Waals surface area contributed by atoms with Crippen LogP contribution in [-0.4, -0.2) is 0 Å². The second kappa shape index (κ2) is 4.32. The van der Waals surface area contributed by atoms with Crippen molar-refractivity contribution in [3.8, 4) is 0 Å². The van der Waals surface area contributed by atoms with E-state index in [1.54, 1.807) is 0 Å². The van der Waals surface area contributed by atoms with Gasteiger partial charge in [0, 0.05) is 5.02 Å². The van der Waals surface area contributed by atoms with Gasteiger partial charge in [-0.2, -0.15) is 0 Å². The highest BCUT2D eigenvalue weighted by Gasteiger charge is 1.93. The summed E-state index contributed by atoms with van der Waals surface area (Å²) in [6.45, 7) is 4.21. The maximum absolute atomic E-state index is 5.86. The van der Waals surface area contributed by atoms with Gasteiger partial charge in [-0.25, -0.2) is 0 Å². The first kappa shape index (κ1) is 9.34. The summed E-state index contributed by atoms with van der Waals surface area (Å²) in [5, 5.41) is 0.802. The Hall–Kier alpha value is -0.750. The summed E-state index contributed by atoms with van der Waals surface area (Å²) in [5.74, 6) is 0. The third-order valence-electron chi connectivity index (χ3n) is 1.77. The Morgan fingerprint density at radius 3 is 2.83 bits per heavy atom. The van der Waals surface area contributed by atoms with Gasteiger partial charge in [-0.1, -0.05) is 36.7 Å². The maximum Gasteiger partial charge on any atom is 0.0412 e. The molecule has 0 atom stereocenters. The van der Waals surface area contributed by atoms with Crippen molar-refractivity contribution in [2.24, 2.45) is 0 Å². The molecule has 0 aromatic heterocycles. The number of allylic oxidation sites excluding steroid dienone is 1. The summed E-state index contributed by atoms with van der Waals surface area (Å²) in [6, 6.07) is 5.95. The predicted octanol–water partition coefficient (Wildman–Crippen LogP) is 4.07. The van der Waals surface area contributed by atoms with Gasteiger partial charge in [-0.05, 0) is 36.6 Å². The van der Waals surface area contributed by atoms with Crippen LogP contribution in [0.1, 0.15) is 24.5 Å². The molecule has 12 heavy (non-hydrogen) atoms. The van der Waals surface area contributed by atoms with E-state index in [4.69, 9.17) is 11.6 Å². The topological polar surface area (TPSA) is 0 Å². The molecule has 1 rings (SSSR count). The van der Waals surface area contributed by atoms with Crippen LogP contribution in [0.15, 0.2) is 24.3 Å². The average Bonchev–Trinajstić information content (AvgIpc) is 2.07. The van der Waals surface area contributed by atoms with Crippen LogP contribution in [0.25, 0.3) is 6.08 Å². The number of aryl methyl sites for hydroxylation is 1. The van der Waals surface area contributed by atoms with Crippen molar-refractivity contribution in [1.29, 1.82) is 0 Å². The highest BCUT2D eigenvalue weighted by molar-refractivity contribution is 6.30. The van der Waals surface area contributed by atoms with E-state index in [0.29, 0.717) is 0 Å². The fraction of sp³-hybridized carbons (Fsp3) is 0.273. The van der Waals surface area contributed by atoms with Gasteiger partial charge in [0.1, 0.15) is 0 Å². The molecule has 0 radical (unpaired) electrons. The van der Waals surface area contributed by atoms with Crippen LogP contribution >= 0.6 is 11.6 Å². The van der Waals surface area contributed by atoms with Gasteiger partial charge in [0.2, 0.25) is 0 Å². The Balaban J connectivity index is 2.97. The van der Waals surface area contributed by atoms with Crippen molar-refractivity contribution >= 4 is 17.7 Å². The van der Waals surface area contributed by atoms with E-state index in [1.807, 2.05) is 18.2 Å². The SMILES string of the molecule is CC/C=C/c1cc(Cl)ccc1C. The molecule has 0 heterocycles. The van der Waals surface area contributed by atoms with E-state index in [1.165, 1.54) is 11.1 Å². The van der Waals surface area contributed by atoms with E-state index >= 15 is 0 Å². The third-order valence-corrected chi connectivity index (χ3v) is 2.01. The Labute approximate surface area is 78.9 Å². The first-order valence-corrected chi connectivity index (χ1v) is 4.54. The number of hydrogen-bond acceptors (Lipinski definition) is 0. The molecule has 1 heteroatoms. The van der Waals surface area contributed by atoms with Gasteiger partial charge in [0.05, 0.1) is 0 Å². The molecule has 0 fully saturated rings. The van der Waals surface area contributed by atoms with Gasteiger partial charge >= 0.3 is 0 Å². The Morgan fingerprint density at radius 2 is 2.17 bits per heavy atom. The third kappa shape index (κ3) is 2.38. The van der Waals surface area contributed by atoms with Crippen molar-refractivity contribution in [2.45, 2.75) is 20.3 Å². The van der Waals surface area contributed by atoms with Crippen LogP contribution in [0.2, 0.25) is 5.02 Å². The molecule has 0 saturated heterocycles. The van der Waals surface area contributed by atoms with Crippen LogP contribution in [0, 0.1) is 6.92 Å². The zero-order valence-corrected chi connectivity index (χ0v) is 8.23. The Morgan fingerprint density at radius 1 is 1.42 bits per heavy atom. The quantitative estimate of drug-likeness (QED) is 0.644. The van der Waals surface area contributed by atoms with Gasteiger partial charge in [-0.15, -0.1) is 0 Å². The fourth-order valence-corrected chi connectivity index (χ4v) is 1.22. The van der Waals surface area contributed by atoms with Crippen molar-refractivity contribution < 1.29 is 0 Å². The van der Waals surface area contributed by atoms with E-state index < -0.39 is 0 Å². The minimum atomic E-state index is 0.802. The predicted molar refractivity (Wildman–Crippen MR) is 55.5 cm³/mol. The smallest absolute Gasteiger partial charge is 0.0412 e. The highest BCUT2D eigenvalue weighted by atomic mass is 35.5. The first-order chi connectivity index (χ1) is 5.74. The molecular weight excluding hydrogens is 168 g/mol. The van der Waals surface area contributed by atoms with Crippen molar-refractivity contribution in [2.75, 3.05) is 0 Å². The molecule has 0 amide bonds. The molecule has 0 aliphatic rings. The molecule has 0 saturated carbocycles. The molecule has 0 spiro atoms. The Kier molecular flexibility index (Phi) is 3.36. The summed E-state index contributed by atoms with van der Waals surface area (Å²) >= 11 is 5.86. The van der Waals surface area contributed by atoms with Crippen LogP contribution in [0.4, 0.5) is 0 Å². The maximum atomic E-state index is 5.86. The van der Waals surface area contributed by atoms with Crippen LogP contribution in [-0.2, 0) is 0 Å². The molecule has 0 N–H and O–H groups in total. The number of benzene rings is 1. The molecule has 64 valence electrons. The van der Waals surface area contributed by atoms with E-state index in [2.05, 4.69) is 26.0 Å². The van der Waals surface area contributed by atoms with Crippen LogP contribution < -0.4 is 0 Å². The lowest BCUT2D eigenvalue weighted by molar-refractivity contribution is 1.23. The van der Waals surface area contributed by atoms with E-state index in [9.17, 15) is 0 Å². The molecule has 0 aliphatic heterocycles. The summed E-state index contributed by atoms with van der Waals surface area (Å²) < 4.78 is 0. The first-order valence-electron chi connectivity index (χ1n) is 4.16. The molecule has 1 aromatic rings. The number of rotatable bonds is 2. The van der Waals surface area contributed by atoms with Gasteiger partial charge in [0.15, 0.2) is 0 Å². The summed E-state index contributed by atoms with van der Waals surface area (Å²) in [4.78, 5) is 0. The summed E-state index contributed by atoms with van der Waals surface area (Å²) in [7, 11) is 0. The minimum Gasteiger partial charge on any atom is -0.0843 e. The van der Waals surface area contributed by atoms with Gasteiger partial charge in [0.25, 0.3) is 0 Å². The van der Waals surface area contributed by atoms with Crippen molar-refractivity contribution in [3.63, 3.8) is 0 Å². The summed E-state index contributed by atoms with van der Waals surface area (Å²) in [6.07, 6.45) is 5.31. The normalized spacial score (nSPS) is 10.9. The number of halogens is 1. The average molecular weight is 181 g/mol. The molecule has 0 bridgehead atoms. The van der Waals surface area contributed by atoms with Crippen LogP contribution in [0.5, 0.6) is 0 Å². The van der Waals surface area contributed by atoms with Crippen molar-refractivity contribution in [1.82, 2.24) is 0 Å². The minimum absolute atomic E-state index is 0.802. The fourth-order valence-electron chi connectivity index (χ4n) is 1.04. The second-order valence-electron chi connectivity index (χ2n) is 2.81. The van der Waals surface area contributed by atoms with E-state index in [-0.39, 0.29) is 0 Å². The standard InChI is InChI=1S/C11H13Cl/c1-3-4-5-10-8-11(12)7-6-9(10)2/h4-8H,3H2,1-2H3/b5-4+. The lowest BCUT2D eigenvalue weighted by Crippen LogP contribution is -1.79. The molecule has 0 aliphatic carbocycles. The largest absolute Gasteiger partial charge is 0.0843 e. The van der Waals surface area contributed by atoms with E-state index in [0.717, 1.165) is 11.4 Å². The zero-order chi connectivity index (χ0) is 8.97. The Bertz CT molecular complexity index is 287. The lowest BCUT2D eigenvalue weighted by atomic mass is 10.1. The number of hydrogen-bond donors (Lipinski definition) is 0. The van der Waals surface area contributed by atoms with Gasteiger partial charge < -0.3 is 0 Å². The monoisotopic (exact) mass is 180 g/mol.